The fourth-order valence-corrected chi connectivity index (χ4v) is 4.37. The summed E-state index contributed by atoms with van der Waals surface area (Å²) < 4.78 is 12.3. The predicted molar refractivity (Wildman–Crippen MR) is 89.5 cm³/mol. The van der Waals surface area contributed by atoms with Gasteiger partial charge in [-0.15, -0.1) is 11.6 Å². The maximum Gasteiger partial charge on any atom is 0.162 e. The molecule has 116 valence electrons. The van der Waals surface area contributed by atoms with Crippen molar-refractivity contribution in [2.24, 2.45) is 5.92 Å². The zero-order valence-electron chi connectivity index (χ0n) is 12.2. The molecule has 0 N–H and O–H groups in total. The molecule has 4 heteroatoms. The molecule has 1 aromatic rings. The first-order chi connectivity index (χ1) is 10.2. The SMILES string of the molecule is ClC(CCC1CCCCC1)c1cc2c(cc1Br)OCCO2. The van der Waals surface area contributed by atoms with Gasteiger partial charge >= 0.3 is 0 Å². The van der Waals surface area contributed by atoms with Crippen LogP contribution in [0.25, 0.3) is 0 Å². The second kappa shape index (κ2) is 7.23. The molecular formula is C17H22BrClO2. The van der Waals surface area contributed by atoms with Crippen molar-refractivity contribution in [2.45, 2.75) is 50.3 Å². The standard InChI is InChI=1S/C17H22BrClO2/c18-14-11-17-16(20-8-9-21-17)10-13(14)15(19)7-6-12-4-2-1-3-5-12/h10-12,15H,1-9H2. The molecule has 1 atom stereocenters. The molecule has 0 aromatic heterocycles. The van der Waals surface area contributed by atoms with E-state index >= 15 is 0 Å². The van der Waals surface area contributed by atoms with Crippen LogP contribution >= 0.6 is 27.5 Å². The van der Waals surface area contributed by atoms with Crippen LogP contribution in [0.5, 0.6) is 11.5 Å². The first kappa shape index (κ1) is 15.5. The lowest BCUT2D eigenvalue weighted by Crippen LogP contribution is -2.15. The second-order valence-electron chi connectivity index (χ2n) is 6.07. The molecule has 1 unspecified atom stereocenters. The van der Waals surface area contributed by atoms with Crippen LogP contribution in [0.3, 0.4) is 0 Å². The van der Waals surface area contributed by atoms with Gasteiger partial charge in [-0.05, 0) is 36.5 Å². The summed E-state index contributed by atoms with van der Waals surface area (Å²) in [6, 6.07) is 4.02. The molecule has 21 heavy (non-hydrogen) atoms. The number of halogens is 2. The summed E-state index contributed by atoms with van der Waals surface area (Å²) in [5.41, 5.74) is 1.12. The highest BCUT2D eigenvalue weighted by Gasteiger charge is 2.21. The molecule has 1 aliphatic heterocycles. The van der Waals surface area contributed by atoms with Gasteiger partial charge in [0.1, 0.15) is 13.2 Å². The smallest absolute Gasteiger partial charge is 0.162 e. The normalized spacial score (nSPS) is 20.3. The number of ether oxygens (including phenoxy) is 2. The summed E-state index contributed by atoms with van der Waals surface area (Å²) in [5.74, 6) is 2.51. The lowest BCUT2D eigenvalue weighted by molar-refractivity contribution is 0.171. The van der Waals surface area contributed by atoms with Gasteiger partial charge < -0.3 is 9.47 Å². The molecule has 1 aromatic carbocycles. The van der Waals surface area contributed by atoms with Gasteiger partial charge in [0, 0.05) is 4.47 Å². The van der Waals surface area contributed by atoms with Crippen LogP contribution in [0.15, 0.2) is 16.6 Å². The molecule has 0 saturated heterocycles. The summed E-state index contributed by atoms with van der Waals surface area (Å²) in [6.07, 6.45) is 9.22. The van der Waals surface area contributed by atoms with Gasteiger partial charge in [0.25, 0.3) is 0 Å². The fourth-order valence-electron chi connectivity index (χ4n) is 3.33. The van der Waals surface area contributed by atoms with Crippen molar-refractivity contribution in [1.82, 2.24) is 0 Å². The Morgan fingerprint density at radius 1 is 1.10 bits per heavy atom. The average Bonchev–Trinajstić information content (AvgIpc) is 2.53. The van der Waals surface area contributed by atoms with E-state index in [1.165, 1.54) is 38.5 Å². The van der Waals surface area contributed by atoms with Gasteiger partial charge in [0.2, 0.25) is 0 Å². The Kier molecular flexibility index (Phi) is 5.33. The molecule has 1 aliphatic carbocycles. The number of benzene rings is 1. The lowest BCUT2D eigenvalue weighted by Gasteiger charge is -2.24. The molecule has 2 nitrogen and oxygen atoms in total. The Balaban J connectivity index is 1.64. The van der Waals surface area contributed by atoms with Crippen LogP contribution in [-0.2, 0) is 0 Å². The van der Waals surface area contributed by atoms with Gasteiger partial charge in [-0.2, -0.15) is 0 Å². The molecule has 0 bridgehead atoms. The monoisotopic (exact) mass is 372 g/mol. The van der Waals surface area contributed by atoms with E-state index in [0.29, 0.717) is 13.2 Å². The highest BCUT2D eigenvalue weighted by atomic mass is 79.9. The van der Waals surface area contributed by atoms with Crippen molar-refractivity contribution < 1.29 is 9.47 Å². The third-order valence-electron chi connectivity index (χ3n) is 4.55. The molecule has 0 amide bonds. The Morgan fingerprint density at radius 2 is 1.76 bits per heavy atom. The Hall–Kier alpha value is -0.410. The van der Waals surface area contributed by atoms with Crippen molar-refractivity contribution in [3.8, 4) is 11.5 Å². The second-order valence-corrected chi connectivity index (χ2v) is 7.45. The van der Waals surface area contributed by atoms with Crippen LogP contribution in [0, 0.1) is 5.92 Å². The zero-order valence-corrected chi connectivity index (χ0v) is 14.6. The Bertz CT molecular complexity index is 486. The molecular weight excluding hydrogens is 352 g/mol. The van der Waals surface area contributed by atoms with Gasteiger partial charge in [-0.1, -0.05) is 48.0 Å². The molecule has 1 fully saturated rings. The minimum absolute atomic E-state index is 0.0390. The third kappa shape index (κ3) is 3.87. The summed E-state index contributed by atoms with van der Waals surface area (Å²) >= 11 is 10.3. The maximum absolute atomic E-state index is 6.65. The number of alkyl halides is 1. The lowest BCUT2D eigenvalue weighted by atomic mass is 9.85. The van der Waals surface area contributed by atoms with Crippen molar-refractivity contribution in [3.05, 3.63) is 22.2 Å². The van der Waals surface area contributed by atoms with Gasteiger partial charge in [0.15, 0.2) is 11.5 Å². The molecule has 1 heterocycles. The first-order valence-corrected chi connectivity index (χ1v) is 9.20. The highest BCUT2D eigenvalue weighted by Crippen LogP contribution is 2.41. The largest absolute Gasteiger partial charge is 0.486 e. The maximum atomic E-state index is 6.65. The molecule has 3 rings (SSSR count). The van der Waals surface area contributed by atoms with Crippen molar-refractivity contribution in [3.63, 3.8) is 0 Å². The van der Waals surface area contributed by atoms with Gasteiger partial charge in [-0.3, -0.25) is 0 Å². The number of rotatable bonds is 4. The minimum Gasteiger partial charge on any atom is -0.486 e. The third-order valence-corrected chi connectivity index (χ3v) is 5.69. The average molecular weight is 374 g/mol. The van der Waals surface area contributed by atoms with Crippen LogP contribution in [0.1, 0.15) is 55.9 Å². The molecule has 1 saturated carbocycles. The quantitative estimate of drug-likeness (QED) is 0.615. The van der Waals surface area contributed by atoms with E-state index in [2.05, 4.69) is 15.9 Å². The molecule has 0 spiro atoms. The Morgan fingerprint density at radius 3 is 2.48 bits per heavy atom. The van der Waals surface area contributed by atoms with E-state index in [9.17, 15) is 0 Å². The van der Waals surface area contributed by atoms with Crippen LogP contribution in [0.4, 0.5) is 0 Å². The van der Waals surface area contributed by atoms with E-state index in [-0.39, 0.29) is 5.38 Å². The Labute approximate surface area is 140 Å². The predicted octanol–water partition coefficient (Wildman–Crippen LogP) is 5.86. The fraction of sp³-hybridized carbons (Fsp3) is 0.647. The summed E-state index contributed by atoms with van der Waals surface area (Å²) in [4.78, 5) is 0. The van der Waals surface area contributed by atoms with Crippen molar-refractivity contribution in [2.75, 3.05) is 13.2 Å². The first-order valence-electron chi connectivity index (χ1n) is 7.97. The summed E-state index contributed by atoms with van der Waals surface area (Å²) in [5, 5.41) is 0.0390. The number of hydrogen-bond acceptors (Lipinski definition) is 2. The van der Waals surface area contributed by atoms with Crippen molar-refractivity contribution in [1.29, 1.82) is 0 Å². The van der Waals surface area contributed by atoms with Crippen LogP contribution < -0.4 is 9.47 Å². The van der Waals surface area contributed by atoms with E-state index in [1.54, 1.807) is 0 Å². The molecule has 2 aliphatic rings. The van der Waals surface area contributed by atoms with E-state index in [1.807, 2.05) is 12.1 Å². The summed E-state index contributed by atoms with van der Waals surface area (Å²) in [7, 11) is 0. The van der Waals surface area contributed by atoms with E-state index in [0.717, 1.165) is 33.9 Å². The van der Waals surface area contributed by atoms with Crippen LogP contribution in [-0.4, -0.2) is 13.2 Å². The summed E-state index contributed by atoms with van der Waals surface area (Å²) in [6.45, 7) is 1.23. The highest BCUT2D eigenvalue weighted by molar-refractivity contribution is 9.10. The van der Waals surface area contributed by atoms with Crippen LogP contribution in [0.2, 0.25) is 0 Å². The van der Waals surface area contributed by atoms with Crippen molar-refractivity contribution >= 4 is 27.5 Å². The van der Waals surface area contributed by atoms with Gasteiger partial charge in [0.05, 0.1) is 5.38 Å². The number of fused-ring (bicyclic) bond motifs is 1. The molecule has 0 radical (unpaired) electrons. The minimum atomic E-state index is 0.0390. The van der Waals surface area contributed by atoms with E-state index in [4.69, 9.17) is 21.1 Å². The zero-order chi connectivity index (χ0) is 14.7. The van der Waals surface area contributed by atoms with Gasteiger partial charge in [-0.25, -0.2) is 0 Å². The van der Waals surface area contributed by atoms with E-state index < -0.39 is 0 Å². The topological polar surface area (TPSA) is 18.5 Å². The number of hydrogen-bond donors (Lipinski definition) is 0.